The molecular weight excluding hydrogens is 341 g/mol. The third-order valence-corrected chi connectivity index (χ3v) is 3.34. The zero-order chi connectivity index (χ0) is 15.6. The van der Waals surface area contributed by atoms with Gasteiger partial charge >= 0.3 is 6.18 Å². The first-order valence-electron chi connectivity index (χ1n) is 6.14. The van der Waals surface area contributed by atoms with Crippen molar-refractivity contribution >= 4 is 24.0 Å². The van der Waals surface area contributed by atoms with E-state index < -0.39 is 23.6 Å². The van der Waals surface area contributed by atoms with E-state index in [4.69, 9.17) is 17.3 Å². The van der Waals surface area contributed by atoms with Gasteiger partial charge in [0.15, 0.2) is 0 Å². The lowest BCUT2D eigenvalue weighted by atomic mass is 9.98. The average molecular weight is 354 g/mol. The molecule has 0 aliphatic rings. The van der Waals surface area contributed by atoms with E-state index in [-0.39, 0.29) is 18.0 Å². The summed E-state index contributed by atoms with van der Waals surface area (Å²) in [6, 6.07) is 9.01. The molecule has 2 aromatic carbocycles. The zero-order valence-electron chi connectivity index (χ0n) is 11.2. The smallest absolute Gasteiger partial charge is 0.324 e. The normalized spacial score (nSPS) is 12.6. The Labute approximate surface area is 136 Å². The van der Waals surface area contributed by atoms with Crippen LogP contribution in [-0.2, 0) is 12.6 Å². The first-order valence-corrected chi connectivity index (χ1v) is 6.52. The monoisotopic (exact) mass is 353 g/mol. The van der Waals surface area contributed by atoms with Crippen LogP contribution in [0.1, 0.15) is 22.7 Å². The van der Waals surface area contributed by atoms with Crippen LogP contribution in [-0.4, -0.2) is 0 Å². The molecule has 0 saturated carbocycles. The van der Waals surface area contributed by atoms with Crippen LogP contribution < -0.4 is 5.73 Å². The van der Waals surface area contributed by atoms with Crippen molar-refractivity contribution in [3.63, 3.8) is 0 Å². The number of rotatable bonds is 3. The number of hydrogen-bond acceptors (Lipinski definition) is 1. The van der Waals surface area contributed by atoms with Crippen LogP contribution in [0.15, 0.2) is 42.5 Å². The van der Waals surface area contributed by atoms with Crippen LogP contribution in [0, 0.1) is 5.82 Å². The molecular formula is C15H13Cl2F4N. The molecule has 0 aliphatic heterocycles. The van der Waals surface area contributed by atoms with Gasteiger partial charge in [-0.15, -0.1) is 12.4 Å². The summed E-state index contributed by atoms with van der Waals surface area (Å²) in [7, 11) is 0. The highest BCUT2D eigenvalue weighted by Gasteiger charge is 2.34. The van der Waals surface area contributed by atoms with Gasteiger partial charge < -0.3 is 5.73 Å². The maximum absolute atomic E-state index is 13.2. The standard InChI is InChI=1S/C15H12ClF4N.ClH/c16-11-4-1-9(2-5-11)7-14(21)10-3-6-13(17)12(8-10)15(18,19)20;/h1-6,8,14H,7,21H2;1H/t14-;/m0./s1. The molecule has 0 unspecified atom stereocenters. The van der Waals surface area contributed by atoms with Crippen molar-refractivity contribution in [2.75, 3.05) is 0 Å². The van der Waals surface area contributed by atoms with Gasteiger partial charge in [0.2, 0.25) is 0 Å². The van der Waals surface area contributed by atoms with Gasteiger partial charge in [0.05, 0.1) is 5.56 Å². The summed E-state index contributed by atoms with van der Waals surface area (Å²) in [6.07, 6.45) is -4.40. The van der Waals surface area contributed by atoms with Gasteiger partial charge in [-0.2, -0.15) is 13.2 Å². The Balaban J connectivity index is 0.00000242. The third kappa shape index (κ3) is 4.60. The van der Waals surface area contributed by atoms with E-state index in [0.717, 1.165) is 17.7 Å². The number of hydrogen-bond donors (Lipinski definition) is 1. The molecule has 2 aromatic rings. The van der Waals surface area contributed by atoms with Gasteiger partial charge in [0, 0.05) is 11.1 Å². The molecule has 0 fully saturated rings. The summed E-state index contributed by atoms with van der Waals surface area (Å²) in [5.74, 6) is -1.30. The molecule has 2 N–H and O–H groups in total. The van der Waals surface area contributed by atoms with Crippen molar-refractivity contribution in [2.24, 2.45) is 5.73 Å². The van der Waals surface area contributed by atoms with Crippen molar-refractivity contribution < 1.29 is 17.6 Å². The topological polar surface area (TPSA) is 26.0 Å². The largest absolute Gasteiger partial charge is 0.419 e. The van der Waals surface area contributed by atoms with Crippen LogP contribution in [0.2, 0.25) is 5.02 Å². The van der Waals surface area contributed by atoms with Gasteiger partial charge in [-0.3, -0.25) is 0 Å². The summed E-state index contributed by atoms with van der Waals surface area (Å²) in [5, 5.41) is 0.563. The molecule has 0 amide bonds. The van der Waals surface area contributed by atoms with E-state index in [2.05, 4.69) is 0 Å². The lowest BCUT2D eigenvalue weighted by molar-refractivity contribution is -0.140. The Morgan fingerprint density at radius 1 is 1.05 bits per heavy atom. The minimum absolute atomic E-state index is 0. The molecule has 7 heteroatoms. The zero-order valence-corrected chi connectivity index (χ0v) is 12.8. The fourth-order valence-corrected chi connectivity index (χ4v) is 2.11. The fraction of sp³-hybridized carbons (Fsp3) is 0.200. The van der Waals surface area contributed by atoms with Crippen molar-refractivity contribution in [3.8, 4) is 0 Å². The maximum atomic E-state index is 13.2. The SMILES string of the molecule is Cl.N[C@@H](Cc1ccc(Cl)cc1)c1ccc(F)c(C(F)(F)F)c1. The first-order chi connectivity index (χ1) is 9.77. The highest BCUT2D eigenvalue weighted by atomic mass is 35.5. The summed E-state index contributed by atoms with van der Waals surface area (Å²) in [5.41, 5.74) is 5.68. The van der Waals surface area contributed by atoms with E-state index in [0.29, 0.717) is 11.4 Å². The average Bonchev–Trinajstić information content (AvgIpc) is 2.40. The molecule has 0 spiro atoms. The van der Waals surface area contributed by atoms with Gasteiger partial charge in [0.1, 0.15) is 5.82 Å². The molecule has 0 aromatic heterocycles. The lowest BCUT2D eigenvalue weighted by Crippen LogP contribution is -2.16. The van der Waals surface area contributed by atoms with Crippen molar-refractivity contribution in [2.45, 2.75) is 18.6 Å². The van der Waals surface area contributed by atoms with Crippen molar-refractivity contribution in [1.82, 2.24) is 0 Å². The van der Waals surface area contributed by atoms with E-state index in [9.17, 15) is 17.6 Å². The minimum atomic E-state index is -4.74. The molecule has 0 aliphatic carbocycles. The Bertz CT molecular complexity index is 626. The van der Waals surface area contributed by atoms with Crippen molar-refractivity contribution in [3.05, 3.63) is 70.0 Å². The summed E-state index contributed by atoms with van der Waals surface area (Å²) in [6.45, 7) is 0. The quantitative estimate of drug-likeness (QED) is 0.757. The number of benzene rings is 2. The minimum Gasteiger partial charge on any atom is -0.324 e. The van der Waals surface area contributed by atoms with Gasteiger partial charge in [-0.05, 0) is 41.8 Å². The summed E-state index contributed by atoms with van der Waals surface area (Å²) >= 11 is 5.76. The maximum Gasteiger partial charge on any atom is 0.419 e. The van der Waals surface area contributed by atoms with E-state index >= 15 is 0 Å². The van der Waals surface area contributed by atoms with E-state index in [1.807, 2.05) is 0 Å². The molecule has 0 bridgehead atoms. The van der Waals surface area contributed by atoms with Crippen LogP contribution in [0.5, 0.6) is 0 Å². The number of halogens is 6. The van der Waals surface area contributed by atoms with Gasteiger partial charge in [-0.1, -0.05) is 29.8 Å². The summed E-state index contributed by atoms with van der Waals surface area (Å²) in [4.78, 5) is 0. The Morgan fingerprint density at radius 3 is 2.18 bits per heavy atom. The lowest BCUT2D eigenvalue weighted by Gasteiger charge is -2.15. The molecule has 0 saturated heterocycles. The van der Waals surface area contributed by atoms with Crippen LogP contribution in [0.25, 0.3) is 0 Å². The molecule has 0 heterocycles. The van der Waals surface area contributed by atoms with Gasteiger partial charge in [0.25, 0.3) is 0 Å². The summed E-state index contributed by atoms with van der Waals surface area (Å²) < 4.78 is 51.2. The molecule has 0 radical (unpaired) electrons. The third-order valence-electron chi connectivity index (χ3n) is 3.09. The highest BCUT2D eigenvalue weighted by Crippen LogP contribution is 2.33. The molecule has 22 heavy (non-hydrogen) atoms. The predicted octanol–water partition coefficient (Wildman–Crippen LogP) is 5.16. The first kappa shape index (κ1) is 18.7. The Kier molecular flexibility index (Phi) is 6.23. The van der Waals surface area contributed by atoms with Crippen molar-refractivity contribution in [1.29, 1.82) is 0 Å². The molecule has 1 nitrogen and oxygen atoms in total. The Hall–Kier alpha value is -1.30. The highest BCUT2D eigenvalue weighted by molar-refractivity contribution is 6.30. The predicted molar refractivity (Wildman–Crippen MR) is 80.7 cm³/mol. The second kappa shape index (κ2) is 7.31. The van der Waals surface area contributed by atoms with Crippen LogP contribution in [0.4, 0.5) is 17.6 Å². The number of alkyl halides is 3. The second-order valence-corrected chi connectivity index (χ2v) is 5.11. The Morgan fingerprint density at radius 2 is 1.64 bits per heavy atom. The second-order valence-electron chi connectivity index (χ2n) is 4.67. The number of nitrogens with two attached hydrogens (primary N) is 1. The van der Waals surface area contributed by atoms with Gasteiger partial charge in [-0.25, -0.2) is 4.39 Å². The van der Waals surface area contributed by atoms with Crippen LogP contribution in [0.3, 0.4) is 0 Å². The van der Waals surface area contributed by atoms with Crippen LogP contribution >= 0.6 is 24.0 Å². The van der Waals surface area contributed by atoms with E-state index in [1.54, 1.807) is 24.3 Å². The molecule has 1 atom stereocenters. The van der Waals surface area contributed by atoms with E-state index in [1.165, 1.54) is 6.07 Å². The molecule has 2 rings (SSSR count). The fourth-order valence-electron chi connectivity index (χ4n) is 1.98. The molecule has 120 valence electrons.